The number of hydrogen-bond acceptors (Lipinski definition) is 7. The number of fused-ring (bicyclic) bond motifs is 1. The number of anilines is 1. The SMILES string of the molecule is COC(=O)c1ccc(NC(=O)COc2ccc3c(C)cc(=O)oc3c2)c(O)c1. The Hall–Kier alpha value is -3.81. The minimum Gasteiger partial charge on any atom is -0.506 e. The van der Waals surface area contributed by atoms with Gasteiger partial charge < -0.3 is 24.3 Å². The summed E-state index contributed by atoms with van der Waals surface area (Å²) < 4.78 is 15.1. The molecule has 0 aliphatic rings. The fourth-order valence-corrected chi connectivity index (χ4v) is 2.61. The van der Waals surface area contributed by atoms with Crippen molar-refractivity contribution in [3.63, 3.8) is 0 Å². The molecule has 0 fully saturated rings. The molecule has 2 N–H and O–H groups in total. The molecule has 0 saturated heterocycles. The van der Waals surface area contributed by atoms with Crippen molar-refractivity contribution in [1.29, 1.82) is 0 Å². The van der Waals surface area contributed by atoms with Crippen molar-refractivity contribution in [2.75, 3.05) is 19.0 Å². The molecule has 8 nitrogen and oxygen atoms in total. The number of methoxy groups -OCH3 is 1. The molecule has 0 radical (unpaired) electrons. The molecule has 8 heteroatoms. The third kappa shape index (κ3) is 4.12. The van der Waals surface area contributed by atoms with Gasteiger partial charge in [-0.05, 0) is 42.8 Å². The molecule has 0 bridgehead atoms. The highest BCUT2D eigenvalue weighted by Crippen LogP contribution is 2.25. The molecule has 0 aliphatic heterocycles. The zero-order valence-corrected chi connectivity index (χ0v) is 15.1. The van der Waals surface area contributed by atoms with Gasteiger partial charge >= 0.3 is 11.6 Å². The Morgan fingerprint density at radius 1 is 1.14 bits per heavy atom. The molecule has 1 aromatic heterocycles. The van der Waals surface area contributed by atoms with Crippen LogP contribution in [0.5, 0.6) is 11.5 Å². The summed E-state index contributed by atoms with van der Waals surface area (Å²) in [5.41, 5.74) is 0.953. The molecule has 0 saturated carbocycles. The highest BCUT2D eigenvalue weighted by Gasteiger charge is 2.12. The van der Waals surface area contributed by atoms with Crippen molar-refractivity contribution in [1.82, 2.24) is 0 Å². The van der Waals surface area contributed by atoms with Crippen LogP contribution >= 0.6 is 0 Å². The number of carbonyl (C=O) groups excluding carboxylic acids is 2. The highest BCUT2D eigenvalue weighted by molar-refractivity contribution is 5.95. The van der Waals surface area contributed by atoms with E-state index in [4.69, 9.17) is 9.15 Å². The smallest absolute Gasteiger partial charge is 0.337 e. The number of ether oxygens (including phenoxy) is 2. The van der Waals surface area contributed by atoms with Crippen LogP contribution in [0.1, 0.15) is 15.9 Å². The molecule has 3 aromatic rings. The number of amides is 1. The van der Waals surface area contributed by atoms with E-state index in [1.807, 2.05) is 0 Å². The van der Waals surface area contributed by atoms with E-state index in [9.17, 15) is 19.5 Å². The first kappa shape index (κ1) is 19.0. The molecule has 3 rings (SSSR count). The Morgan fingerprint density at radius 2 is 1.93 bits per heavy atom. The van der Waals surface area contributed by atoms with Crippen LogP contribution in [0.3, 0.4) is 0 Å². The molecule has 0 spiro atoms. The van der Waals surface area contributed by atoms with Crippen molar-refractivity contribution >= 4 is 28.5 Å². The third-order valence-corrected chi connectivity index (χ3v) is 3.99. The monoisotopic (exact) mass is 383 g/mol. The van der Waals surface area contributed by atoms with E-state index in [2.05, 4.69) is 10.1 Å². The molecule has 1 heterocycles. The van der Waals surface area contributed by atoms with Crippen LogP contribution < -0.4 is 15.7 Å². The second kappa shape index (κ2) is 7.83. The summed E-state index contributed by atoms with van der Waals surface area (Å²) in [5.74, 6) is -1.05. The van der Waals surface area contributed by atoms with Gasteiger partial charge in [0.15, 0.2) is 6.61 Å². The van der Waals surface area contributed by atoms with Crippen molar-refractivity contribution in [3.05, 3.63) is 64.0 Å². The van der Waals surface area contributed by atoms with Gasteiger partial charge in [-0.2, -0.15) is 0 Å². The number of aromatic hydroxyl groups is 1. The molecular weight excluding hydrogens is 366 g/mol. The molecule has 2 aromatic carbocycles. The van der Waals surface area contributed by atoms with Gasteiger partial charge in [0.2, 0.25) is 0 Å². The lowest BCUT2D eigenvalue weighted by Crippen LogP contribution is -2.20. The lowest BCUT2D eigenvalue weighted by molar-refractivity contribution is -0.118. The fraction of sp³-hybridized carbons (Fsp3) is 0.150. The van der Waals surface area contributed by atoms with E-state index in [0.717, 1.165) is 10.9 Å². The van der Waals surface area contributed by atoms with Crippen molar-refractivity contribution in [2.24, 2.45) is 0 Å². The van der Waals surface area contributed by atoms with E-state index < -0.39 is 17.5 Å². The van der Waals surface area contributed by atoms with Gasteiger partial charge in [-0.1, -0.05) is 0 Å². The summed E-state index contributed by atoms with van der Waals surface area (Å²) in [4.78, 5) is 35.0. The molecular formula is C20H17NO7. The normalized spacial score (nSPS) is 10.5. The number of phenolic OH excluding ortho intramolecular Hbond substituents is 1. The lowest BCUT2D eigenvalue weighted by Gasteiger charge is -2.10. The van der Waals surface area contributed by atoms with Crippen LogP contribution in [0.4, 0.5) is 5.69 Å². The lowest BCUT2D eigenvalue weighted by atomic mass is 10.1. The van der Waals surface area contributed by atoms with Gasteiger partial charge in [0.05, 0.1) is 18.4 Å². The molecule has 144 valence electrons. The van der Waals surface area contributed by atoms with Crippen LogP contribution in [0.15, 0.2) is 51.7 Å². The van der Waals surface area contributed by atoms with Crippen molar-refractivity contribution in [3.8, 4) is 11.5 Å². The molecule has 0 unspecified atom stereocenters. The molecule has 1 amide bonds. The predicted molar refractivity (Wildman–Crippen MR) is 101 cm³/mol. The Labute approximate surface area is 159 Å². The Bertz CT molecular complexity index is 1120. The van der Waals surface area contributed by atoms with E-state index in [-0.39, 0.29) is 23.6 Å². The summed E-state index contributed by atoms with van der Waals surface area (Å²) in [6.07, 6.45) is 0. The van der Waals surface area contributed by atoms with Crippen LogP contribution in [0.25, 0.3) is 11.0 Å². The largest absolute Gasteiger partial charge is 0.506 e. The first-order valence-electron chi connectivity index (χ1n) is 8.26. The summed E-state index contributed by atoms with van der Waals surface area (Å²) >= 11 is 0. The van der Waals surface area contributed by atoms with E-state index in [1.54, 1.807) is 19.1 Å². The summed E-state index contributed by atoms with van der Waals surface area (Å²) in [6, 6.07) is 10.3. The second-order valence-electron chi connectivity index (χ2n) is 5.97. The van der Waals surface area contributed by atoms with Gasteiger partial charge in [-0.25, -0.2) is 9.59 Å². The average molecular weight is 383 g/mol. The predicted octanol–water partition coefficient (Wildman–Crippen LogP) is 2.61. The number of carbonyl (C=O) groups is 2. The van der Waals surface area contributed by atoms with Gasteiger partial charge in [0, 0.05) is 17.5 Å². The van der Waals surface area contributed by atoms with Crippen LogP contribution in [-0.4, -0.2) is 30.7 Å². The minimum atomic E-state index is -0.602. The van der Waals surface area contributed by atoms with Crippen molar-refractivity contribution in [2.45, 2.75) is 6.92 Å². The Morgan fingerprint density at radius 3 is 2.64 bits per heavy atom. The van der Waals surface area contributed by atoms with Crippen LogP contribution in [0, 0.1) is 6.92 Å². The van der Waals surface area contributed by atoms with Crippen LogP contribution in [0.2, 0.25) is 0 Å². The van der Waals surface area contributed by atoms with E-state index in [1.165, 1.54) is 37.4 Å². The van der Waals surface area contributed by atoms with E-state index >= 15 is 0 Å². The topological polar surface area (TPSA) is 115 Å². The second-order valence-corrected chi connectivity index (χ2v) is 5.97. The average Bonchev–Trinajstić information content (AvgIpc) is 2.66. The van der Waals surface area contributed by atoms with Crippen LogP contribution in [-0.2, 0) is 9.53 Å². The van der Waals surface area contributed by atoms with Crippen molar-refractivity contribution < 1.29 is 28.6 Å². The highest BCUT2D eigenvalue weighted by atomic mass is 16.5. The Balaban J connectivity index is 1.67. The van der Waals surface area contributed by atoms with Gasteiger partial charge in [0.25, 0.3) is 5.91 Å². The first-order valence-corrected chi connectivity index (χ1v) is 8.26. The number of nitrogens with one attached hydrogen (secondary N) is 1. The maximum absolute atomic E-state index is 12.1. The number of esters is 1. The zero-order chi connectivity index (χ0) is 20.3. The Kier molecular flexibility index (Phi) is 5.30. The standard InChI is InChI=1S/C20H17NO7/c1-11-7-19(24)28-17-9-13(4-5-14(11)17)27-10-18(23)21-15-6-3-12(8-16(15)22)20(25)26-2/h3-9,22H,10H2,1-2H3,(H,21,23). The van der Waals surface area contributed by atoms with Gasteiger partial charge in [0.1, 0.15) is 17.1 Å². The molecule has 0 atom stereocenters. The fourth-order valence-electron chi connectivity index (χ4n) is 2.61. The number of hydrogen-bond donors (Lipinski definition) is 2. The van der Waals surface area contributed by atoms with Gasteiger partial charge in [-0.15, -0.1) is 0 Å². The number of aryl methyl sites for hydroxylation is 1. The maximum Gasteiger partial charge on any atom is 0.337 e. The molecule has 28 heavy (non-hydrogen) atoms. The zero-order valence-electron chi connectivity index (χ0n) is 15.1. The third-order valence-electron chi connectivity index (χ3n) is 3.99. The molecule has 0 aliphatic carbocycles. The minimum absolute atomic E-state index is 0.126. The summed E-state index contributed by atoms with van der Waals surface area (Å²) in [6.45, 7) is 1.46. The quantitative estimate of drug-likeness (QED) is 0.395. The number of phenols is 1. The van der Waals surface area contributed by atoms with E-state index in [0.29, 0.717) is 11.3 Å². The summed E-state index contributed by atoms with van der Waals surface area (Å²) in [5, 5.41) is 13.2. The summed E-state index contributed by atoms with van der Waals surface area (Å²) in [7, 11) is 1.23. The first-order chi connectivity index (χ1) is 13.4. The van der Waals surface area contributed by atoms with Gasteiger partial charge in [-0.3, -0.25) is 4.79 Å². The maximum atomic E-state index is 12.1. The number of rotatable bonds is 5. The number of benzene rings is 2.